The van der Waals surface area contributed by atoms with Gasteiger partial charge in [0, 0.05) is 16.8 Å². The second-order valence-corrected chi connectivity index (χ2v) is 6.37. The molecule has 1 aromatic heterocycles. The number of nitrogens with zero attached hydrogens (tertiary/aromatic N) is 1. The van der Waals surface area contributed by atoms with Crippen molar-refractivity contribution < 1.29 is 4.79 Å². The Morgan fingerprint density at radius 1 is 1.50 bits per heavy atom. The summed E-state index contributed by atoms with van der Waals surface area (Å²) in [6.45, 7) is 3.54. The zero-order valence-corrected chi connectivity index (χ0v) is 13.6. The van der Waals surface area contributed by atoms with E-state index in [4.69, 9.17) is 17.3 Å². The third-order valence-electron chi connectivity index (χ3n) is 2.92. The van der Waals surface area contributed by atoms with Gasteiger partial charge < -0.3 is 16.0 Å². The number of nitrogen functional groups attached to an aromatic ring is 1. The average Bonchev–Trinajstić information content (AvgIpc) is 2.42. The van der Waals surface area contributed by atoms with Gasteiger partial charge >= 0.3 is 0 Å². The lowest BCUT2D eigenvalue weighted by Crippen LogP contribution is -2.23. The Kier molecular flexibility index (Phi) is 5.10. The molecule has 8 heteroatoms. The first-order valence-electron chi connectivity index (χ1n) is 6.46. The molecule has 0 aliphatic carbocycles. The molecule has 2 aromatic rings. The SMILES string of the molecule is Cc1c(Cl)cccc1NC(=O)C(C)Sc1nc(N)cc(=O)[nH]1. The first kappa shape index (κ1) is 16.4. The molecule has 1 atom stereocenters. The van der Waals surface area contributed by atoms with Crippen molar-refractivity contribution in [2.45, 2.75) is 24.3 Å². The molecule has 2 rings (SSSR count). The van der Waals surface area contributed by atoms with Crippen LogP contribution in [0.4, 0.5) is 11.5 Å². The van der Waals surface area contributed by atoms with E-state index in [1.165, 1.54) is 6.07 Å². The first-order valence-corrected chi connectivity index (χ1v) is 7.72. The van der Waals surface area contributed by atoms with Crippen molar-refractivity contribution >= 4 is 40.8 Å². The summed E-state index contributed by atoms with van der Waals surface area (Å²) < 4.78 is 0. The van der Waals surface area contributed by atoms with Gasteiger partial charge in [-0.25, -0.2) is 4.98 Å². The number of H-pyrrole nitrogens is 1. The van der Waals surface area contributed by atoms with E-state index in [0.29, 0.717) is 15.9 Å². The molecule has 0 saturated carbocycles. The summed E-state index contributed by atoms with van der Waals surface area (Å²) in [7, 11) is 0. The first-order chi connectivity index (χ1) is 10.4. The molecule has 22 heavy (non-hydrogen) atoms. The Labute approximate surface area is 136 Å². The van der Waals surface area contributed by atoms with Crippen LogP contribution in [0.15, 0.2) is 34.2 Å². The quantitative estimate of drug-likeness (QED) is 0.587. The third kappa shape index (κ3) is 4.02. The van der Waals surface area contributed by atoms with Crippen LogP contribution in [0.1, 0.15) is 12.5 Å². The molecule has 0 saturated heterocycles. The Balaban J connectivity index is 2.09. The fraction of sp³-hybridized carbons (Fsp3) is 0.214. The number of anilines is 2. The van der Waals surface area contributed by atoms with E-state index in [2.05, 4.69) is 15.3 Å². The normalized spacial score (nSPS) is 12.0. The number of hydrogen-bond donors (Lipinski definition) is 3. The molecule has 0 radical (unpaired) electrons. The van der Waals surface area contributed by atoms with E-state index < -0.39 is 5.25 Å². The monoisotopic (exact) mass is 338 g/mol. The number of aromatic amines is 1. The maximum Gasteiger partial charge on any atom is 0.253 e. The maximum absolute atomic E-state index is 12.2. The highest BCUT2D eigenvalue weighted by Crippen LogP contribution is 2.25. The van der Waals surface area contributed by atoms with Crippen LogP contribution in [0, 0.1) is 6.92 Å². The van der Waals surface area contributed by atoms with Crippen molar-refractivity contribution in [1.29, 1.82) is 0 Å². The predicted molar refractivity (Wildman–Crippen MR) is 89.4 cm³/mol. The average molecular weight is 339 g/mol. The van der Waals surface area contributed by atoms with Gasteiger partial charge in [0.05, 0.1) is 5.25 Å². The zero-order chi connectivity index (χ0) is 16.3. The number of hydrogen-bond acceptors (Lipinski definition) is 5. The molecule has 0 bridgehead atoms. The van der Waals surface area contributed by atoms with E-state index in [-0.39, 0.29) is 17.3 Å². The van der Waals surface area contributed by atoms with Gasteiger partial charge in [-0.15, -0.1) is 0 Å². The highest BCUT2D eigenvalue weighted by Gasteiger charge is 2.17. The summed E-state index contributed by atoms with van der Waals surface area (Å²) in [4.78, 5) is 30.1. The molecule has 1 unspecified atom stereocenters. The molecule has 116 valence electrons. The standard InChI is InChI=1S/C14H15ClN4O2S/c1-7-9(15)4-3-5-10(7)17-13(21)8(2)22-14-18-11(16)6-12(20)19-14/h3-6,8H,1-2H3,(H,17,21)(H3,16,18,19,20). The number of carbonyl (C=O) groups excluding carboxylic acids is 1. The molecule has 1 heterocycles. The topological polar surface area (TPSA) is 101 Å². The molecule has 1 amide bonds. The summed E-state index contributed by atoms with van der Waals surface area (Å²) in [5.41, 5.74) is 6.61. The summed E-state index contributed by atoms with van der Waals surface area (Å²) in [5, 5.41) is 3.22. The van der Waals surface area contributed by atoms with Crippen LogP contribution in [-0.2, 0) is 4.79 Å². The third-order valence-corrected chi connectivity index (χ3v) is 4.32. The number of nitrogens with one attached hydrogen (secondary N) is 2. The fourth-order valence-corrected chi connectivity index (χ4v) is 2.70. The Hall–Kier alpha value is -1.99. The van der Waals surface area contributed by atoms with Crippen molar-refractivity contribution in [3.8, 4) is 0 Å². The minimum atomic E-state index is -0.469. The summed E-state index contributed by atoms with van der Waals surface area (Å²) >= 11 is 7.14. The highest BCUT2D eigenvalue weighted by atomic mass is 35.5. The molecule has 6 nitrogen and oxygen atoms in total. The number of aromatic nitrogens is 2. The van der Waals surface area contributed by atoms with Gasteiger partial charge in [-0.3, -0.25) is 9.59 Å². The van der Waals surface area contributed by atoms with Crippen molar-refractivity contribution in [3.05, 3.63) is 45.2 Å². The summed E-state index contributed by atoms with van der Waals surface area (Å²) in [6, 6.07) is 6.48. The predicted octanol–water partition coefficient (Wildman–Crippen LogP) is 2.43. The Bertz CT molecular complexity index is 763. The minimum absolute atomic E-state index is 0.115. The van der Waals surface area contributed by atoms with Crippen LogP contribution in [0.25, 0.3) is 0 Å². The van der Waals surface area contributed by atoms with E-state index >= 15 is 0 Å². The van der Waals surface area contributed by atoms with Crippen molar-refractivity contribution in [1.82, 2.24) is 9.97 Å². The van der Waals surface area contributed by atoms with Gasteiger partial charge in [0.2, 0.25) is 5.91 Å². The van der Waals surface area contributed by atoms with E-state index in [0.717, 1.165) is 17.3 Å². The summed E-state index contributed by atoms with van der Waals surface area (Å²) in [6.07, 6.45) is 0. The van der Waals surface area contributed by atoms with E-state index in [1.807, 2.05) is 6.92 Å². The number of halogens is 1. The minimum Gasteiger partial charge on any atom is -0.383 e. The molecular weight excluding hydrogens is 324 g/mol. The Morgan fingerprint density at radius 2 is 2.23 bits per heavy atom. The van der Waals surface area contributed by atoms with Gasteiger partial charge in [0.1, 0.15) is 5.82 Å². The number of benzene rings is 1. The fourth-order valence-electron chi connectivity index (χ4n) is 1.71. The Morgan fingerprint density at radius 3 is 2.91 bits per heavy atom. The molecular formula is C14H15ClN4O2S. The molecule has 0 aliphatic rings. The van der Waals surface area contributed by atoms with E-state index in [9.17, 15) is 9.59 Å². The second-order valence-electron chi connectivity index (χ2n) is 4.64. The molecule has 0 fully saturated rings. The number of nitrogens with two attached hydrogens (primary N) is 1. The largest absolute Gasteiger partial charge is 0.383 e. The van der Waals surface area contributed by atoms with Crippen molar-refractivity contribution in [2.24, 2.45) is 0 Å². The number of amides is 1. The van der Waals surface area contributed by atoms with Gasteiger partial charge in [0.25, 0.3) is 5.56 Å². The van der Waals surface area contributed by atoms with Gasteiger partial charge in [0.15, 0.2) is 5.16 Å². The molecule has 4 N–H and O–H groups in total. The smallest absolute Gasteiger partial charge is 0.253 e. The number of rotatable bonds is 4. The second kappa shape index (κ2) is 6.85. The van der Waals surface area contributed by atoms with Crippen LogP contribution in [-0.4, -0.2) is 21.1 Å². The lowest BCUT2D eigenvalue weighted by Gasteiger charge is -2.13. The zero-order valence-electron chi connectivity index (χ0n) is 12.0. The lowest BCUT2D eigenvalue weighted by atomic mass is 10.2. The molecule has 0 spiro atoms. The van der Waals surface area contributed by atoms with Gasteiger partial charge in [-0.1, -0.05) is 29.4 Å². The van der Waals surface area contributed by atoms with E-state index in [1.54, 1.807) is 25.1 Å². The van der Waals surface area contributed by atoms with Crippen LogP contribution in [0.2, 0.25) is 5.02 Å². The van der Waals surface area contributed by atoms with Crippen LogP contribution in [0.3, 0.4) is 0 Å². The van der Waals surface area contributed by atoms with Gasteiger partial charge in [-0.05, 0) is 31.5 Å². The molecule has 0 aliphatic heterocycles. The van der Waals surface area contributed by atoms with Crippen LogP contribution >= 0.6 is 23.4 Å². The lowest BCUT2D eigenvalue weighted by molar-refractivity contribution is -0.115. The van der Waals surface area contributed by atoms with Crippen LogP contribution in [0.5, 0.6) is 0 Å². The number of carbonyl (C=O) groups is 1. The molecule has 1 aromatic carbocycles. The number of thioether (sulfide) groups is 1. The van der Waals surface area contributed by atoms with Gasteiger partial charge in [-0.2, -0.15) is 0 Å². The van der Waals surface area contributed by atoms with Crippen molar-refractivity contribution in [3.63, 3.8) is 0 Å². The van der Waals surface area contributed by atoms with Crippen LogP contribution < -0.4 is 16.6 Å². The van der Waals surface area contributed by atoms with Crippen molar-refractivity contribution in [2.75, 3.05) is 11.1 Å². The summed E-state index contributed by atoms with van der Waals surface area (Å²) in [5.74, 6) is -0.106. The maximum atomic E-state index is 12.2. The highest BCUT2D eigenvalue weighted by molar-refractivity contribution is 8.00.